The molecule has 0 bridgehead atoms. The zero-order valence-electron chi connectivity index (χ0n) is 11.1. The predicted octanol–water partition coefficient (Wildman–Crippen LogP) is 1.71. The maximum absolute atomic E-state index is 11.0. The highest BCUT2D eigenvalue weighted by Crippen LogP contribution is 2.32. The lowest BCUT2D eigenvalue weighted by Crippen LogP contribution is -2.39. The van der Waals surface area contributed by atoms with E-state index in [9.17, 15) is 9.90 Å². The van der Waals surface area contributed by atoms with Crippen molar-refractivity contribution in [2.24, 2.45) is 0 Å². The quantitative estimate of drug-likeness (QED) is 0.721. The van der Waals surface area contributed by atoms with Crippen LogP contribution in [0.15, 0.2) is 18.2 Å². The SMILES string of the molecule is CN(CC1(O)CCCC1)c1cc(C(=O)O)ccc1N. The minimum Gasteiger partial charge on any atom is -0.478 e. The molecule has 4 N–H and O–H groups in total. The molecule has 1 fully saturated rings. The molecule has 0 heterocycles. The van der Waals surface area contributed by atoms with Crippen LogP contribution in [-0.2, 0) is 0 Å². The van der Waals surface area contributed by atoms with Crippen LogP contribution in [0.3, 0.4) is 0 Å². The van der Waals surface area contributed by atoms with Crippen LogP contribution < -0.4 is 10.6 Å². The number of rotatable bonds is 4. The molecule has 1 saturated carbocycles. The average Bonchev–Trinajstić information content (AvgIpc) is 2.75. The number of carboxylic acid groups (broad SMARTS) is 1. The normalized spacial score (nSPS) is 17.4. The highest BCUT2D eigenvalue weighted by Gasteiger charge is 2.32. The Morgan fingerprint density at radius 2 is 2.05 bits per heavy atom. The Labute approximate surface area is 112 Å². The maximum Gasteiger partial charge on any atom is 0.335 e. The zero-order valence-corrected chi connectivity index (χ0v) is 11.1. The predicted molar refractivity (Wildman–Crippen MR) is 74.5 cm³/mol. The molecule has 5 heteroatoms. The fourth-order valence-corrected chi connectivity index (χ4v) is 2.73. The summed E-state index contributed by atoms with van der Waals surface area (Å²) in [4.78, 5) is 12.8. The van der Waals surface area contributed by atoms with Gasteiger partial charge in [-0.1, -0.05) is 12.8 Å². The summed E-state index contributed by atoms with van der Waals surface area (Å²) < 4.78 is 0. The van der Waals surface area contributed by atoms with E-state index in [1.165, 1.54) is 6.07 Å². The Hall–Kier alpha value is -1.75. The molecule has 0 atom stereocenters. The van der Waals surface area contributed by atoms with Crippen LogP contribution in [0.1, 0.15) is 36.0 Å². The molecule has 5 nitrogen and oxygen atoms in total. The van der Waals surface area contributed by atoms with E-state index in [-0.39, 0.29) is 5.56 Å². The molecular weight excluding hydrogens is 244 g/mol. The van der Waals surface area contributed by atoms with Crippen molar-refractivity contribution in [3.05, 3.63) is 23.8 Å². The molecule has 2 rings (SSSR count). The van der Waals surface area contributed by atoms with Gasteiger partial charge >= 0.3 is 5.97 Å². The summed E-state index contributed by atoms with van der Waals surface area (Å²) in [5.41, 5.74) is 6.59. The fraction of sp³-hybridized carbons (Fsp3) is 0.500. The van der Waals surface area contributed by atoms with Gasteiger partial charge in [-0.15, -0.1) is 0 Å². The molecule has 0 aromatic heterocycles. The first-order valence-corrected chi connectivity index (χ1v) is 6.48. The summed E-state index contributed by atoms with van der Waals surface area (Å²) >= 11 is 0. The van der Waals surface area contributed by atoms with E-state index in [1.807, 2.05) is 11.9 Å². The zero-order chi connectivity index (χ0) is 14.0. The van der Waals surface area contributed by atoms with E-state index < -0.39 is 11.6 Å². The van der Waals surface area contributed by atoms with Crippen molar-refractivity contribution in [2.75, 3.05) is 24.2 Å². The third kappa shape index (κ3) is 2.98. The number of likely N-dealkylation sites (N-methyl/N-ethyl adjacent to an activating group) is 1. The minimum absolute atomic E-state index is 0.203. The van der Waals surface area contributed by atoms with E-state index in [0.29, 0.717) is 17.9 Å². The van der Waals surface area contributed by atoms with Crippen molar-refractivity contribution in [2.45, 2.75) is 31.3 Å². The number of carboxylic acids is 1. The van der Waals surface area contributed by atoms with Gasteiger partial charge in [-0.25, -0.2) is 4.79 Å². The molecule has 0 spiro atoms. The Balaban J connectivity index is 2.20. The second kappa shape index (κ2) is 5.09. The molecule has 1 aliphatic rings. The van der Waals surface area contributed by atoms with Gasteiger partial charge in [0.1, 0.15) is 0 Å². The molecular formula is C14H20N2O3. The van der Waals surface area contributed by atoms with E-state index in [0.717, 1.165) is 25.7 Å². The van der Waals surface area contributed by atoms with Crippen molar-refractivity contribution in [1.82, 2.24) is 0 Å². The number of hydrogen-bond acceptors (Lipinski definition) is 4. The Bertz CT molecular complexity index is 482. The van der Waals surface area contributed by atoms with E-state index in [2.05, 4.69) is 0 Å². The second-order valence-corrected chi connectivity index (χ2v) is 5.37. The number of benzene rings is 1. The highest BCUT2D eigenvalue weighted by molar-refractivity contribution is 5.90. The molecule has 0 amide bonds. The summed E-state index contributed by atoms with van der Waals surface area (Å²) in [6, 6.07) is 4.63. The van der Waals surface area contributed by atoms with Crippen LogP contribution in [0.2, 0.25) is 0 Å². The number of aromatic carboxylic acids is 1. The van der Waals surface area contributed by atoms with E-state index in [1.54, 1.807) is 12.1 Å². The van der Waals surface area contributed by atoms with Crippen molar-refractivity contribution in [3.8, 4) is 0 Å². The molecule has 0 saturated heterocycles. The maximum atomic E-state index is 11.0. The monoisotopic (exact) mass is 264 g/mol. The van der Waals surface area contributed by atoms with Gasteiger partial charge in [0.2, 0.25) is 0 Å². The molecule has 1 aliphatic carbocycles. The molecule has 1 aromatic carbocycles. The Morgan fingerprint density at radius 3 is 2.63 bits per heavy atom. The number of anilines is 2. The summed E-state index contributed by atoms with van der Waals surface area (Å²) in [5.74, 6) is -0.978. The van der Waals surface area contributed by atoms with Gasteiger partial charge < -0.3 is 20.8 Å². The average molecular weight is 264 g/mol. The Morgan fingerprint density at radius 1 is 1.42 bits per heavy atom. The van der Waals surface area contributed by atoms with Gasteiger partial charge in [-0.2, -0.15) is 0 Å². The second-order valence-electron chi connectivity index (χ2n) is 5.37. The van der Waals surface area contributed by atoms with Crippen molar-refractivity contribution >= 4 is 17.3 Å². The van der Waals surface area contributed by atoms with Gasteiger partial charge in [0.15, 0.2) is 0 Å². The van der Waals surface area contributed by atoms with Crippen LogP contribution >= 0.6 is 0 Å². The van der Waals surface area contributed by atoms with Crippen LogP contribution in [0, 0.1) is 0 Å². The van der Waals surface area contributed by atoms with Gasteiger partial charge in [0, 0.05) is 13.6 Å². The largest absolute Gasteiger partial charge is 0.478 e. The van der Waals surface area contributed by atoms with Gasteiger partial charge in [-0.05, 0) is 31.0 Å². The summed E-state index contributed by atoms with van der Waals surface area (Å²) in [5, 5.41) is 19.4. The molecule has 1 aromatic rings. The van der Waals surface area contributed by atoms with Crippen molar-refractivity contribution in [3.63, 3.8) is 0 Å². The third-order valence-electron chi connectivity index (χ3n) is 3.75. The first kappa shape index (κ1) is 13.7. The molecule has 0 unspecified atom stereocenters. The highest BCUT2D eigenvalue weighted by atomic mass is 16.4. The summed E-state index contributed by atoms with van der Waals surface area (Å²) in [7, 11) is 1.83. The standard InChI is InChI=1S/C14H20N2O3/c1-16(9-14(19)6-2-3-7-14)12-8-10(13(17)18)4-5-11(12)15/h4-5,8,19H,2-3,6-7,9,15H2,1H3,(H,17,18). The van der Waals surface area contributed by atoms with Crippen LogP contribution in [0.5, 0.6) is 0 Å². The van der Waals surface area contributed by atoms with Gasteiger partial charge in [0.05, 0.1) is 22.5 Å². The lowest BCUT2D eigenvalue weighted by atomic mass is 10.0. The number of nitrogens with two attached hydrogens (primary N) is 1. The summed E-state index contributed by atoms with van der Waals surface area (Å²) in [6.07, 6.45) is 3.65. The summed E-state index contributed by atoms with van der Waals surface area (Å²) in [6.45, 7) is 0.472. The number of hydrogen-bond donors (Lipinski definition) is 3. The first-order chi connectivity index (χ1) is 8.91. The van der Waals surface area contributed by atoms with Crippen LogP contribution in [0.25, 0.3) is 0 Å². The first-order valence-electron chi connectivity index (χ1n) is 6.48. The topological polar surface area (TPSA) is 86.8 Å². The molecule has 0 radical (unpaired) electrons. The van der Waals surface area contributed by atoms with Gasteiger partial charge in [0.25, 0.3) is 0 Å². The van der Waals surface area contributed by atoms with E-state index >= 15 is 0 Å². The molecule has 0 aliphatic heterocycles. The number of nitrogens with zero attached hydrogens (tertiary/aromatic N) is 1. The third-order valence-corrected chi connectivity index (χ3v) is 3.75. The molecule has 19 heavy (non-hydrogen) atoms. The fourth-order valence-electron chi connectivity index (χ4n) is 2.73. The number of carbonyl (C=O) groups is 1. The van der Waals surface area contributed by atoms with Crippen LogP contribution in [0.4, 0.5) is 11.4 Å². The lowest BCUT2D eigenvalue weighted by molar-refractivity contribution is 0.0559. The minimum atomic E-state index is -0.978. The lowest BCUT2D eigenvalue weighted by Gasteiger charge is -2.30. The van der Waals surface area contributed by atoms with Crippen LogP contribution in [-0.4, -0.2) is 35.4 Å². The smallest absolute Gasteiger partial charge is 0.335 e. The van der Waals surface area contributed by atoms with Gasteiger partial charge in [-0.3, -0.25) is 0 Å². The number of nitrogen functional groups attached to an aromatic ring is 1. The van der Waals surface area contributed by atoms with Crippen molar-refractivity contribution < 1.29 is 15.0 Å². The van der Waals surface area contributed by atoms with E-state index in [4.69, 9.17) is 10.8 Å². The number of aliphatic hydroxyl groups is 1. The molecule has 104 valence electrons. The Kier molecular flexibility index (Phi) is 3.66. The van der Waals surface area contributed by atoms with Crippen molar-refractivity contribution in [1.29, 1.82) is 0 Å².